The Morgan fingerprint density at radius 2 is 2.20 bits per heavy atom. The van der Waals surface area contributed by atoms with Crippen LogP contribution in [-0.2, 0) is 4.79 Å². The Kier molecular flexibility index (Phi) is 1.81. The molecule has 0 N–H and O–H groups in total. The van der Waals surface area contributed by atoms with Crippen molar-refractivity contribution in [2.45, 2.75) is 6.92 Å². The molecular weight excluding hydrogens is 64.0 g/mol. The first-order valence-corrected chi connectivity index (χ1v) is 1.55. The van der Waals surface area contributed by atoms with Gasteiger partial charge in [0.25, 0.3) is 0 Å². The molecule has 0 saturated heterocycles. The number of hydrogen-bond donors (Lipinski definition) is 0. The van der Waals surface area contributed by atoms with Gasteiger partial charge >= 0.3 is 0 Å². The van der Waals surface area contributed by atoms with E-state index in [1.807, 2.05) is 0 Å². The van der Waals surface area contributed by atoms with Gasteiger partial charge in [-0.1, -0.05) is 6.92 Å². The molecule has 0 fully saturated rings. The van der Waals surface area contributed by atoms with Crippen molar-refractivity contribution in [1.82, 2.24) is 0 Å². The van der Waals surface area contributed by atoms with Gasteiger partial charge in [-0.2, -0.15) is 0 Å². The highest BCUT2D eigenvalue weighted by atomic mass is 16.1. The van der Waals surface area contributed by atoms with Gasteiger partial charge in [0, 0.05) is 5.92 Å². The van der Waals surface area contributed by atoms with Gasteiger partial charge in [0.05, 0.1) is 0 Å². The first-order valence-electron chi connectivity index (χ1n) is 1.55. The summed E-state index contributed by atoms with van der Waals surface area (Å²) < 4.78 is 0. The van der Waals surface area contributed by atoms with E-state index >= 15 is 0 Å². The zero-order valence-electron chi connectivity index (χ0n) is 3.27. The van der Waals surface area contributed by atoms with Crippen molar-refractivity contribution < 1.29 is 4.79 Å². The lowest BCUT2D eigenvalue weighted by molar-refractivity contribution is -0.109. The van der Waals surface area contributed by atoms with Gasteiger partial charge in [-0.3, -0.25) is 0 Å². The van der Waals surface area contributed by atoms with Crippen LogP contribution < -0.4 is 0 Å². The monoisotopic (exact) mass is 71.0 g/mol. The van der Waals surface area contributed by atoms with Crippen molar-refractivity contribution in [2.24, 2.45) is 5.92 Å². The van der Waals surface area contributed by atoms with Gasteiger partial charge in [0.1, 0.15) is 6.29 Å². The molecule has 0 rings (SSSR count). The van der Waals surface area contributed by atoms with Crippen molar-refractivity contribution in [1.29, 1.82) is 0 Å². The van der Waals surface area contributed by atoms with Gasteiger partial charge in [-0.25, -0.2) is 0 Å². The molecule has 0 bridgehead atoms. The summed E-state index contributed by atoms with van der Waals surface area (Å²) in [4.78, 5) is 9.44. The summed E-state index contributed by atoms with van der Waals surface area (Å²) in [5.41, 5.74) is 0. The van der Waals surface area contributed by atoms with Crippen LogP contribution in [0.5, 0.6) is 0 Å². The molecule has 0 aromatic carbocycles. The van der Waals surface area contributed by atoms with Gasteiger partial charge in [-0.05, 0) is 6.92 Å². The van der Waals surface area contributed by atoms with Crippen LogP contribution in [0.25, 0.3) is 0 Å². The molecule has 0 aliphatic carbocycles. The molecule has 29 valence electrons. The van der Waals surface area contributed by atoms with Gasteiger partial charge in [0.2, 0.25) is 0 Å². The Bertz CT molecular complexity index is 30.6. The molecule has 0 amide bonds. The third-order valence-corrected chi connectivity index (χ3v) is 0.232. The summed E-state index contributed by atoms with van der Waals surface area (Å²) in [6.45, 7) is 5.13. The third kappa shape index (κ3) is 3.67. The number of aldehydes is 1. The lowest BCUT2D eigenvalue weighted by Crippen LogP contribution is -1.83. The predicted octanol–water partition coefficient (Wildman–Crippen LogP) is 0.655. The largest absolute Gasteiger partial charge is 0.303 e. The van der Waals surface area contributed by atoms with Gasteiger partial charge < -0.3 is 4.79 Å². The lowest BCUT2D eigenvalue weighted by Gasteiger charge is -1.78. The highest BCUT2D eigenvalue weighted by molar-refractivity contribution is 5.53. The minimum atomic E-state index is -0.0463. The maximum atomic E-state index is 9.44. The van der Waals surface area contributed by atoms with Crippen LogP contribution in [0.2, 0.25) is 0 Å². The Morgan fingerprint density at radius 3 is 2.20 bits per heavy atom. The summed E-state index contributed by atoms with van der Waals surface area (Å²) in [5.74, 6) is -0.0463. The zero-order chi connectivity index (χ0) is 4.28. The molecule has 0 heterocycles. The standard InChI is InChI=1S/C4H7O/c1-4(2)3-5/h3-4H,1H2,2H3/t4-/m0/s1. The first-order chi connectivity index (χ1) is 2.27. The molecular formula is C4H7O. The van der Waals surface area contributed by atoms with E-state index in [9.17, 15) is 4.79 Å². The van der Waals surface area contributed by atoms with E-state index < -0.39 is 0 Å². The molecule has 0 aromatic rings. The molecule has 0 aliphatic heterocycles. The summed E-state index contributed by atoms with van der Waals surface area (Å²) in [6.07, 6.45) is 0.806. The van der Waals surface area contributed by atoms with E-state index in [1.54, 1.807) is 6.92 Å². The molecule has 1 radical (unpaired) electrons. The van der Waals surface area contributed by atoms with E-state index in [2.05, 4.69) is 6.92 Å². The molecule has 1 nitrogen and oxygen atoms in total. The topological polar surface area (TPSA) is 17.1 Å². The summed E-state index contributed by atoms with van der Waals surface area (Å²) in [6, 6.07) is 0. The quantitative estimate of drug-likeness (QED) is 0.415. The molecule has 0 aromatic heterocycles. The molecule has 0 aliphatic rings. The first kappa shape index (κ1) is 4.67. The Hall–Kier alpha value is -0.330. The van der Waals surface area contributed by atoms with Crippen LogP contribution in [0.1, 0.15) is 6.92 Å². The Labute approximate surface area is 32.0 Å². The maximum absolute atomic E-state index is 9.44. The second-order valence-electron chi connectivity index (χ2n) is 1.11. The van der Waals surface area contributed by atoms with Crippen LogP contribution in [0.15, 0.2) is 0 Å². The van der Waals surface area contributed by atoms with E-state index in [0.29, 0.717) is 0 Å². The van der Waals surface area contributed by atoms with Crippen LogP contribution in [0, 0.1) is 12.8 Å². The van der Waals surface area contributed by atoms with Gasteiger partial charge in [-0.15, -0.1) is 0 Å². The fraction of sp³-hybridized carbons (Fsp3) is 0.500. The van der Waals surface area contributed by atoms with Crippen molar-refractivity contribution in [3.8, 4) is 0 Å². The van der Waals surface area contributed by atoms with Crippen molar-refractivity contribution >= 4 is 6.29 Å². The van der Waals surface area contributed by atoms with Crippen LogP contribution >= 0.6 is 0 Å². The number of carbonyl (C=O) groups is 1. The van der Waals surface area contributed by atoms with E-state index in [0.717, 1.165) is 6.29 Å². The average Bonchev–Trinajstić information content (AvgIpc) is 1.38. The van der Waals surface area contributed by atoms with E-state index in [4.69, 9.17) is 0 Å². The predicted molar refractivity (Wildman–Crippen MR) is 20.6 cm³/mol. The molecule has 1 heteroatoms. The highest BCUT2D eigenvalue weighted by Gasteiger charge is 1.80. The maximum Gasteiger partial charge on any atom is 0.122 e. The van der Waals surface area contributed by atoms with E-state index in [1.165, 1.54) is 0 Å². The number of rotatable bonds is 1. The van der Waals surface area contributed by atoms with Crippen LogP contribution in [0.4, 0.5) is 0 Å². The Balaban J connectivity index is 2.83. The fourth-order valence-corrected chi connectivity index (χ4v) is 0. The van der Waals surface area contributed by atoms with Crippen molar-refractivity contribution in [3.05, 3.63) is 6.92 Å². The zero-order valence-corrected chi connectivity index (χ0v) is 3.27. The average molecular weight is 71.1 g/mol. The minimum absolute atomic E-state index is 0.0463. The lowest BCUT2D eigenvalue weighted by atomic mass is 10.3. The fourth-order valence-electron chi connectivity index (χ4n) is 0. The van der Waals surface area contributed by atoms with Crippen LogP contribution in [-0.4, -0.2) is 6.29 Å². The smallest absolute Gasteiger partial charge is 0.122 e. The minimum Gasteiger partial charge on any atom is -0.303 e. The molecule has 0 saturated carbocycles. The van der Waals surface area contributed by atoms with Crippen molar-refractivity contribution in [2.75, 3.05) is 0 Å². The van der Waals surface area contributed by atoms with Gasteiger partial charge in [0.15, 0.2) is 0 Å². The van der Waals surface area contributed by atoms with Crippen LogP contribution in [0.3, 0.4) is 0 Å². The van der Waals surface area contributed by atoms with Crippen molar-refractivity contribution in [3.63, 3.8) is 0 Å². The number of hydrogen-bond acceptors (Lipinski definition) is 1. The summed E-state index contributed by atoms with van der Waals surface area (Å²) in [5, 5.41) is 0. The summed E-state index contributed by atoms with van der Waals surface area (Å²) >= 11 is 0. The molecule has 0 unspecified atom stereocenters. The molecule has 0 spiro atoms. The molecule has 5 heavy (non-hydrogen) atoms. The Morgan fingerprint density at radius 1 is 2.00 bits per heavy atom. The summed E-state index contributed by atoms with van der Waals surface area (Å²) in [7, 11) is 0. The van der Waals surface area contributed by atoms with E-state index in [-0.39, 0.29) is 5.92 Å². The molecule has 1 atom stereocenters. The number of carbonyl (C=O) groups excluding carboxylic acids is 1. The normalized spacial score (nSPS) is 8.60. The second-order valence-corrected chi connectivity index (χ2v) is 1.11. The third-order valence-electron chi connectivity index (χ3n) is 0.232. The SMILES string of the molecule is [CH2][C@@H](C)C=O. The second kappa shape index (κ2) is 1.94. The highest BCUT2D eigenvalue weighted by Crippen LogP contribution is 1.77.